The van der Waals surface area contributed by atoms with Gasteiger partial charge in [-0.05, 0) is 31.5 Å². The number of halogens is 1. The highest BCUT2D eigenvalue weighted by Gasteiger charge is 2.09. The molecule has 2 heterocycles. The summed E-state index contributed by atoms with van der Waals surface area (Å²) in [6, 6.07) is 14.0. The Morgan fingerprint density at radius 2 is 1.93 bits per heavy atom. The summed E-state index contributed by atoms with van der Waals surface area (Å²) in [6.07, 6.45) is 2.33. The molecule has 0 unspecified atom stereocenters. The van der Waals surface area contributed by atoms with Crippen molar-refractivity contribution in [2.75, 3.05) is 13.1 Å². The molecule has 0 radical (unpaired) electrons. The fourth-order valence-electron chi connectivity index (χ4n) is 2.45. The quantitative estimate of drug-likeness (QED) is 0.299. The van der Waals surface area contributed by atoms with Gasteiger partial charge in [0.1, 0.15) is 5.69 Å². The molecule has 8 heteroatoms. The van der Waals surface area contributed by atoms with Crippen LogP contribution >= 0.6 is 24.0 Å². The topological polar surface area (TPSA) is 88.2 Å². The van der Waals surface area contributed by atoms with Crippen LogP contribution in [0.2, 0.25) is 0 Å². The summed E-state index contributed by atoms with van der Waals surface area (Å²) in [6.45, 7) is 6.20. The maximum Gasteiger partial charge on any atom is 0.276 e. The average molecular weight is 492 g/mol. The minimum absolute atomic E-state index is 0. The van der Waals surface area contributed by atoms with E-state index in [1.165, 1.54) is 11.1 Å². The molecule has 28 heavy (non-hydrogen) atoms. The van der Waals surface area contributed by atoms with Crippen LogP contribution in [0.4, 0.5) is 0 Å². The van der Waals surface area contributed by atoms with Crippen LogP contribution in [0.5, 0.6) is 0 Å². The van der Waals surface area contributed by atoms with Crippen molar-refractivity contribution in [3.05, 3.63) is 65.6 Å². The van der Waals surface area contributed by atoms with Crippen LogP contribution in [0.25, 0.3) is 11.6 Å². The molecule has 3 rings (SSSR count). The molecule has 1 aromatic carbocycles. The predicted molar refractivity (Wildman–Crippen MR) is 121 cm³/mol. The molecular formula is C20H25IN6O. The van der Waals surface area contributed by atoms with E-state index >= 15 is 0 Å². The van der Waals surface area contributed by atoms with Crippen LogP contribution in [-0.2, 0) is 13.0 Å². The SMILES string of the molecule is CCNC(=NCc1ccc(C)cc1)NCCc1noc(-c2ccccn2)n1.I. The lowest BCUT2D eigenvalue weighted by Crippen LogP contribution is -2.38. The molecule has 0 bridgehead atoms. The van der Waals surface area contributed by atoms with Crippen molar-refractivity contribution in [1.82, 2.24) is 25.8 Å². The Bertz CT molecular complexity index is 864. The number of aliphatic imine (C=N–C) groups is 1. The lowest BCUT2D eigenvalue weighted by molar-refractivity contribution is 0.421. The second-order valence-corrected chi connectivity index (χ2v) is 6.09. The summed E-state index contributed by atoms with van der Waals surface area (Å²) in [5.74, 6) is 1.84. The summed E-state index contributed by atoms with van der Waals surface area (Å²) in [4.78, 5) is 13.2. The second-order valence-electron chi connectivity index (χ2n) is 6.09. The number of aryl methyl sites for hydroxylation is 1. The van der Waals surface area contributed by atoms with Gasteiger partial charge in [0.15, 0.2) is 11.8 Å². The Morgan fingerprint density at radius 1 is 1.11 bits per heavy atom. The molecule has 148 valence electrons. The minimum Gasteiger partial charge on any atom is -0.357 e. The number of guanidine groups is 1. The van der Waals surface area contributed by atoms with Crippen molar-refractivity contribution in [1.29, 1.82) is 0 Å². The minimum atomic E-state index is 0. The average Bonchev–Trinajstić information content (AvgIpc) is 3.17. The number of nitrogens with one attached hydrogen (secondary N) is 2. The molecule has 0 saturated carbocycles. The first kappa shape index (κ1) is 21.8. The van der Waals surface area contributed by atoms with Gasteiger partial charge >= 0.3 is 0 Å². The number of nitrogens with zero attached hydrogens (tertiary/aromatic N) is 4. The number of hydrogen-bond acceptors (Lipinski definition) is 5. The molecule has 0 aliphatic rings. The lowest BCUT2D eigenvalue weighted by atomic mass is 10.1. The first-order chi connectivity index (χ1) is 13.2. The standard InChI is InChI=1S/C20H24N6O.HI/c1-3-21-20(24-14-16-9-7-15(2)8-10-16)23-13-11-18-25-19(27-26-18)17-6-4-5-12-22-17;/h4-10,12H,3,11,13-14H2,1-2H3,(H2,21,23,24);1H. The molecule has 0 aliphatic heterocycles. The van der Waals surface area contributed by atoms with Crippen molar-refractivity contribution >= 4 is 29.9 Å². The predicted octanol–water partition coefficient (Wildman–Crippen LogP) is 3.36. The Morgan fingerprint density at radius 3 is 2.64 bits per heavy atom. The number of rotatable bonds is 7. The van der Waals surface area contributed by atoms with E-state index in [0.29, 0.717) is 36.9 Å². The fourth-order valence-corrected chi connectivity index (χ4v) is 2.45. The molecule has 0 fully saturated rings. The van der Waals surface area contributed by atoms with Gasteiger partial charge in [0.05, 0.1) is 6.54 Å². The lowest BCUT2D eigenvalue weighted by Gasteiger charge is -2.10. The van der Waals surface area contributed by atoms with Gasteiger partial charge in [-0.2, -0.15) is 4.98 Å². The van der Waals surface area contributed by atoms with Crippen molar-refractivity contribution in [3.8, 4) is 11.6 Å². The van der Waals surface area contributed by atoms with Gasteiger partial charge in [-0.1, -0.05) is 41.1 Å². The van der Waals surface area contributed by atoms with Gasteiger partial charge in [0, 0.05) is 25.7 Å². The maximum atomic E-state index is 5.27. The Kier molecular flexibility index (Phi) is 8.86. The Balaban J connectivity index is 0.00000280. The zero-order valence-electron chi connectivity index (χ0n) is 16.1. The van der Waals surface area contributed by atoms with E-state index < -0.39 is 0 Å². The van der Waals surface area contributed by atoms with Gasteiger partial charge in [-0.3, -0.25) is 4.98 Å². The zero-order chi connectivity index (χ0) is 18.9. The summed E-state index contributed by atoms with van der Waals surface area (Å²) in [7, 11) is 0. The van der Waals surface area contributed by atoms with E-state index in [1.54, 1.807) is 6.20 Å². The third-order valence-electron chi connectivity index (χ3n) is 3.88. The molecule has 0 aliphatic carbocycles. The highest BCUT2D eigenvalue weighted by atomic mass is 127. The van der Waals surface area contributed by atoms with Crippen molar-refractivity contribution < 1.29 is 4.52 Å². The van der Waals surface area contributed by atoms with Gasteiger partial charge in [0.2, 0.25) is 0 Å². The van der Waals surface area contributed by atoms with Crippen molar-refractivity contribution in [3.63, 3.8) is 0 Å². The number of benzene rings is 1. The molecule has 2 N–H and O–H groups in total. The maximum absolute atomic E-state index is 5.27. The Labute approximate surface area is 182 Å². The normalized spacial score (nSPS) is 11.0. The van der Waals surface area contributed by atoms with E-state index in [0.717, 1.165) is 12.5 Å². The first-order valence-corrected chi connectivity index (χ1v) is 9.06. The highest BCUT2D eigenvalue weighted by Crippen LogP contribution is 2.13. The third kappa shape index (κ3) is 6.59. The number of pyridine rings is 1. The van der Waals surface area contributed by atoms with Gasteiger partial charge in [0.25, 0.3) is 5.89 Å². The second kappa shape index (κ2) is 11.4. The zero-order valence-corrected chi connectivity index (χ0v) is 18.4. The monoisotopic (exact) mass is 492 g/mol. The summed E-state index contributed by atoms with van der Waals surface area (Å²) in [5, 5.41) is 10.6. The van der Waals surface area contributed by atoms with E-state index in [4.69, 9.17) is 4.52 Å². The highest BCUT2D eigenvalue weighted by molar-refractivity contribution is 14.0. The van der Waals surface area contributed by atoms with Gasteiger partial charge in [-0.25, -0.2) is 4.99 Å². The van der Waals surface area contributed by atoms with Crippen LogP contribution in [-0.4, -0.2) is 34.2 Å². The summed E-state index contributed by atoms with van der Waals surface area (Å²) < 4.78 is 5.27. The Hall–Kier alpha value is -2.49. The molecule has 0 amide bonds. The summed E-state index contributed by atoms with van der Waals surface area (Å²) in [5.41, 5.74) is 3.10. The number of hydrogen-bond donors (Lipinski definition) is 2. The molecule has 7 nitrogen and oxygen atoms in total. The van der Waals surface area contributed by atoms with E-state index in [9.17, 15) is 0 Å². The van der Waals surface area contributed by atoms with E-state index in [1.807, 2.05) is 25.1 Å². The van der Waals surface area contributed by atoms with Crippen LogP contribution in [0.15, 0.2) is 58.2 Å². The molecule has 3 aromatic rings. The van der Waals surface area contributed by atoms with Gasteiger partial charge < -0.3 is 15.2 Å². The largest absolute Gasteiger partial charge is 0.357 e. The molecular weight excluding hydrogens is 467 g/mol. The fraction of sp³-hybridized carbons (Fsp3) is 0.300. The van der Waals surface area contributed by atoms with Crippen molar-refractivity contribution in [2.24, 2.45) is 4.99 Å². The van der Waals surface area contributed by atoms with E-state index in [-0.39, 0.29) is 24.0 Å². The van der Waals surface area contributed by atoms with Crippen LogP contribution in [0.3, 0.4) is 0 Å². The smallest absolute Gasteiger partial charge is 0.276 e. The molecule has 0 atom stereocenters. The van der Waals surface area contributed by atoms with E-state index in [2.05, 4.69) is 61.9 Å². The van der Waals surface area contributed by atoms with Crippen LogP contribution < -0.4 is 10.6 Å². The van der Waals surface area contributed by atoms with Gasteiger partial charge in [-0.15, -0.1) is 24.0 Å². The molecule has 0 spiro atoms. The first-order valence-electron chi connectivity index (χ1n) is 9.06. The molecule has 2 aromatic heterocycles. The van der Waals surface area contributed by atoms with Crippen LogP contribution in [0.1, 0.15) is 23.9 Å². The molecule has 0 saturated heterocycles. The van der Waals surface area contributed by atoms with Crippen molar-refractivity contribution in [2.45, 2.75) is 26.8 Å². The third-order valence-corrected chi connectivity index (χ3v) is 3.88. The van der Waals surface area contributed by atoms with Crippen LogP contribution in [0, 0.1) is 6.92 Å². The summed E-state index contributed by atoms with van der Waals surface area (Å²) >= 11 is 0. The number of aromatic nitrogens is 3.